The van der Waals surface area contributed by atoms with Crippen molar-refractivity contribution in [3.05, 3.63) is 29.8 Å². The number of benzene rings is 1. The van der Waals surface area contributed by atoms with Gasteiger partial charge in [-0.1, -0.05) is 6.07 Å². The number of ether oxygens (including phenoxy) is 2. The van der Waals surface area contributed by atoms with E-state index in [4.69, 9.17) is 9.47 Å². The molecular weight excluding hydrogens is 309 g/mol. The Balaban J connectivity index is 3.02. The molecule has 0 amide bonds. The quantitative estimate of drug-likeness (QED) is 0.723. The van der Waals surface area contributed by atoms with Crippen molar-refractivity contribution in [1.82, 2.24) is 0 Å². The molecule has 8 heteroatoms. The second-order valence-corrected chi connectivity index (χ2v) is 6.18. The monoisotopic (exact) mass is 326 g/mol. The molecule has 0 heterocycles. The Morgan fingerprint density at radius 2 is 1.71 bits per heavy atom. The summed E-state index contributed by atoms with van der Waals surface area (Å²) in [6.45, 7) is 3.82. The average Bonchev–Trinajstić information content (AvgIpc) is 2.38. The van der Waals surface area contributed by atoms with E-state index in [9.17, 15) is 21.6 Å². The second kappa shape index (κ2) is 7.24. The van der Waals surface area contributed by atoms with Crippen LogP contribution in [0.1, 0.15) is 19.4 Å². The van der Waals surface area contributed by atoms with E-state index in [1.807, 2.05) is 0 Å². The zero-order valence-electron chi connectivity index (χ0n) is 11.7. The van der Waals surface area contributed by atoms with Gasteiger partial charge in [0.15, 0.2) is 16.1 Å². The average molecular weight is 326 g/mol. The van der Waals surface area contributed by atoms with Crippen LogP contribution in [-0.2, 0) is 25.5 Å². The minimum Gasteiger partial charge on any atom is -0.352 e. The Morgan fingerprint density at radius 3 is 2.19 bits per heavy atom. The van der Waals surface area contributed by atoms with Gasteiger partial charge in [-0.3, -0.25) is 0 Å². The number of sulfone groups is 1. The highest BCUT2D eigenvalue weighted by Crippen LogP contribution is 2.30. The van der Waals surface area contributed by atoms with Crippen molar-refractivity contribution in [3.8, 4) is 0 Å². The molecule has 0 saturated carbocycles. The summed E-state index contributed by atoms with van der Waals surface area (Å²) in [4.78, 5) is -0.401. The minimum absolute atomic E-state index is 0.239. The third-order valence-electron chi connectivity index (χ3n) is 2.58. The van der Waals surface area contributed by atoms with E-state index in [0.29, 0.717) is 6.07 Å². The first-order valence-corrected chi connectivity index (χ1v) is 7.99. The lowest BCUT2D eigenvalue weighted by atomic mass is 10.2. The van der Waals surface area contributed by atoms with Gasteiger partial charge in [-0.2, -0.15) is 13.2 Å². The lowest BCUT2D eigenvalue weighted by Crippen LogP contribution is -2.27. The molecule has 4 nitrogen and oxygen atoms in total. The molecule has 0 fully saturated rings. The van der Waals surface area contributed by atoms with Gasteiger partial charge in [-0.05, 0) is 32.0 Å². The predicted molar refractivity (Wildman–Crippen MR) is 70.5 cm³/mol. The zero-order chi connectivity index (χ0) is 16.1. The minimum atomic E-state index is -4.59. The summed E-state index contributed by atoms with van der Waals surface area (Å²) in [6, 6.07) is 3.62. The lowest BCUT2D eigenvalue weighted by Gasteiger charge is -2.17. The SMILES string of the molecule is CCOC(CS(=O)(=O)c1cccc(C(F)(F)F)c1)OCC. The molecule has 0 N–H and O–H groups in total. The first-order valence-electron chi connectivity index (χ1n) is 6.34. The van der Waals surface area contributed by atoms with Gasteiger partial charge in [0.05, 0.1) is 10.5 Å². The van der Waals surface area contributed by atoms with Gasteiger partial charge in [-0.25, -0.2) is 8.42 Å². The predicted octanol–water partition coefficient (Wildman–Crippen LogP) is 2.88. The van der Waals surface area contributed by atoms with E-state index in [-0.39, 0.29) is 13.2 Å². The van der Waals surface area contributed by atoms with Crippen LogP contribution in [-0.4, -0.2) is 33.7 Å². The molecule has 1 aromatic carbocycles. The standard InChI is InChI=1S/C13H17F3O4S/c1-3-19-12(20-4-2)9-21(17,18)11-7-5-6-10(8-11)13(14,15)16/h5-8,12H,3-4,9H2,1-2H3. The van der Waals surface area contributed by atoms with Crippen molar-refractivity contribution in [2.75, 3.05) is 19.0 Å². The molecule has 120 valence electrons. The van der Waals surface area contributed by atoms with Crippen molar-refractivity contribution in [2.45, 2.75) is 31.2 Å². The highest BCUT2D eigenvalue weighted by molar-refractivity contribution is 7.91. The Labute approximate surface area is 121 Å². The number of hydrogen-bond acceptors (Lipinski definition) is 4. The van der Waals surface area contributed by atoms with Crippen LogP contribution in [0, 0.1) is 0 Å². The fourth-order valence-electron chi connectivity index (χ4n) is 1.66. The van der Waals surface area contributed by atoms with Gasteiger partial charge in [0, 0.05) is 13.2 Å². The molecule has 0 aromatic heterocycles. The first-order chi connectivity index (χ1) is 9.70. The maximum absolute atomic E-state index is 12.6. The van der Waals surface area contributed by atoms with E-state index in [0.717, 1.165) is 18.2 Å². The summed E-state index contributed by atoms with van der Waals surface area (Å²) in [6.07, 6.45) is -5.59. The highest BCUT2D eigenvalue weighted by Gasteiger charge is 2.32. The number of halogens is 3. The molecule has 0 spiro atoms. The van der Waals surface area contributed by atoms with Crippen molar-refractivity contribution in [2.24, 2.45) is 0 Å². The van der Waals surface area contributed by atoms with Gasteiger partial charge in [-0.15, -0.1) is 0 Å². The van der Waals surface area contributed by atoms with Gasteiger partial charge >= 0.3 is 6.18 Å². The molecule has 0 aliphatic heterocycles. The molecule has 0 radical (unpaired) electrons. The van der Waals surface area contributed by atoms with Crippen LogP contribution in [0.3, 0.4) is 0 Å². The zero-order valence-corrected chi connectivity index (χ0v) is 12.5. The Bertz CT molecular complexity index is 549. The summed E-state index contributed by atoms with van der Waals surface area (Å²) in [7, 11) is -3.94. The third-order valence-corrected chi connectivity index (χ3v) is 4.26. The second-order valence-electron chi connectivity index (χ2n) is 4.15. The van der Waals surface area contributed by atoms with E-state index < -0.39 is 38.5 Å². The fraction of sp³-hybridized carbons (Fsp3) is 0.538. The normalized spacial score (nSPS) is 12.9. The smallest absolute Gasteiger partial charge is 0.352 e. The van der Waals surface area contributed by atoms with Crippen LogP contribution in [0.25, 0.3) is 0 Å². The summed E-state index contributed by atoms with van der Waals surface area (Å²) in [5, 5.41) is 0. The summed E-state index contributed by atoms with van der Waals surface area (Å²) in [5.74, 6) is -0.532. The van der Waals surface area contributed by atoms with E-state index >= 15 is 0 Å². The van der Waals surface area contributed by atoms with Crippen molar-refractivity contribution in [1.29, 1.82) is 0 Å². The first kappa shape index (κ1) is 17.9. The van der Waals surface area contributed by atoms with Crippen LogP contribution in [0.15, 0.2) is 29.2 Å². The van der Waals surface area contributed by atoms with Crippen LogP contribution in [0.4, 0.5) is 13.2 Å². The highest BCUT2D eigenvalue weighted by atomic mass is 32.2. The number of alkyl halides is 3. The molecule has 0 saturated heterocycles. The maximum atomic E-state index is 12.6. The molecule has 0 unspecified atom stereocenters. The molecule has 1 aromatic rings. The molecule has 0 bridgehead atoms. The van der Waals surface area contributed by atoms with Crippen LogP contribution in [0.5, 0.6) is 0 Å². The third kappa shape index (κ3) is 5.29. The molecule has 0 atom stereocenters. The van der Waals surface area contributed by atoms with E-state index in [1.165, 1.54) is 0 Å². The van der Waals surface area contributed by atoms with Gasteiger partial charge < -0.3 is 9.47 Å². The van der Waals surface area contributed by atoms with Crippen molar-refractivity contribution >= 4 is 9.84 Å². The summed E-state index contributed by atoms with van der Waals surface area (Å²) >= 11 is 0. The lowest BCUT2D eigenvalue weighted by molar-refractivity contribution is -0.137. The van der Waals surface area contributed by atoms with Crippen molar-refractivity contribution in [3.63, 3.8) is 0 Å². The number of rotatable bonds is 7. The fourth-order valence-corrected chi connectivity index (χ4v) is 2.99. The molecule has 0 aliphatic rings. The van der Waals surface area contributed by atoms with E-state index in [1.54, 1.807) is 13.8 Å². The Kier molecular flexibility index (Phi) is 6.18. The number of hydrogen-bond donors (Lipinski definition) is 0. The summed E-state index contributed by atoms with van der Waals surface area (Å²) in [5.41, 5.74) is -1.01. The van der Waals surface area contributed by atoms with Crippen molar-refractivity contribution < 1.29 is 31.1 Å². The van der Waals surface area contributed by atoms with E-state index in [2.05, 4.69) is 0 Å². The van der Waals surface area contributed by atoms with Gasteiger partial charge in [0.2, 0.25) is 0 Å². The molecule has 1 rings (SSSR count). The molecular formula is C13H17F3O4S. The molecule has 0 aliphatic carbocycles. The van der Waals surface area contributed by atoms with Gasteiger partial charge in [0.25, 0.3) is 0 Å². The largest absolute Gasteiger partial charge is 0.416 e. The Morgan fingerprint density at radius 1 is 1.14 bits per heavy atom. The topological polar surface area (TPSA) is 52.6 Å². The Hall–Kier alpha value is -1.12. The summed E-state index contributed by atoms with van der Waals surface area (Å²) < 4.78 is 72.4. The maximum Gasteiger partial charge on any atom is 0.416 e. The van der Waals surface area contributed by atoms with Crippen LogP contribution < -0.4 is 0 Å². The van der Waals surface area contributed by atoms with Crippen LogP contribution >= 0.6 is 0 Å². The van der Waals surface area contributed by atoms with Gasteiger partial charge in [0.1, 0.15) is 5.75 Å². The van der Waals surface area contributed by atoms with Crippen LogP contribution in [0.2, 0.25) is 0 Å². The molecule has 21 heavy (non-hydrogen) atoms.